The SMILES string of the molecule is Br.CCP(CC)CC.CCP(CC)CC.O=[SH](=O)O. The minimum atomic E-state index is -3.12. The summed E-state index contributed by atoms with van der Waals surface area (Å²) < 4.78 is 24.2. The highest BCUT2D eigenvalue weighted by Gasteiger charge is 1.94. The number of rotatable bonds is 6. The largest absolute Gasteiger partial charge is 0.288 e. The normalized spacial score (nSPS) is 9.37. The van der Waals surface area contributed by atoms with Gasteiger partial charge in [-0.1, -0.05) is 41.5 Å². The monoisotopic (exact) mass is 398 g/mol. The summed E-state index contributed by atoms with van der Waals surface area (Å²) >= 11 is 0. The number of thiol groups is 1. The van der Waals surface area contributed by atoms with Crippen LogP contribution >= 0.6 is 32.8 Å². The molecular weight excluding hydrogens is 366 g/mol. The average molecular weight is 399 g/mol. The zero-order chi connectivity index (χ0) is 15.0. The van der Waals surface area contributed by atoms with Crippen molar-refractivity contribution in [3.63, 3.8) is 0 Å². The molecule has 0 aromatic heterocycles. The predicted molar refractivity (Wildman–Crippen MR) is 100 cm³/mol. The van der Waals surface area contributed by atoms with Gasteiger partial charge in [-0.2, -0.15) is 0 Å². The fourth-order valence-electron chi connectivity index (χ4n) is 1.34. The fourth-order valence-corrected chi connectivity index (χ4v) is 4.02. The van der Waals surface area contributed by atoms with Gasteiger partial charge in [0.2, 0.25) is 0 Å². The van der Waals surface area contributed by atoms with Crippen LogP contribution in [0.2, 0.25) is 0 Å². The molecule has 0 saturated heterocycles. The summed E-state index contributed by atoms with van der Waals surface area (Å²) in [6.07, 6.45) is 8.51. The molecule has 0 amide bonds. The van der Waals surface area contributed by atoms with Crippen LogP contribution in [0.15, 0.2) is 0 Å². The highest BCUT2D eigenvalue weighted by atomic mass is 79.9. The second-order valence-electron chi connectivity index (χ2n) is 3.48. The minimum absolute atomic E-state index is 0. The molecule has 0 fully saturated rings. The standard InChI is InChI=1S/2C6H15P.BrH.H2O3S/c2*1-4-7(5-2)6-3;;1-4(2)3/h2*4-6H2,1-3H3;1H;4H,(H,1,2,3). The third-order valence-electron chi connectivity index (χ3n) is 2.68. The van der Waals surface area contributed by atoms with E-state index in [2.05, 4.69) is 41.5 Å². The topological polar surface area (TPSA) is 54.4 Å². The van der Waals surface area contributed by atoms with Crippen LogP contribution in [-0.2, 0) is 11.0 Å². The third-order valence-corrected chi connectivity index (χ3v) is 8.05. The Morgan fingerprint density at radius 3 is 0.789 bits per heavy atom. The van der Waals surface area contributed by atoms with Crippen molar-refractivity contribution in [2.24, 2.45) is 0 Å². The quantitative estimate of drug-likeness (QED) is 0.387. The summed E-state index contributed by atoms with van der Waals surface area (Å²) in [5, 5.41) is 0. The molecule has 0 aliphatic rings. The van der Waals surface area contributed by atoms with Gasteiger partial charge in [-0.3, -0.25) is 4.55 Å². The zero-order valence-corrected chi connectivity index (χ0v) is 17.7. The predicted octanol–water partition coefficient (Wildman–Crippen LogP) is 4.70. The highest BCUT2D eigenvalue weighted by Crippen LogP contribution is 2.32. The maximum atomic E-state index is 8.59. The first-order valence-corrected chi connectivity index (χ1v) is 11.6. The highest BCUT2D eigenvalue weighted by molar-refractivity contribution is 8.93. The molecule has 7 heteroatoms. The molecule has 0 unspecified atom stereocenters. The molecule has 19 heavy (non-hydrogen) atoms. The molecular formula is C12H33BrO3P2S. The lowest BCUT2D eigenvalue weighted by atomic mass is 10.9. The van der Waals surface area contributed by atoms with Crippen LogP contribution in [0.1, 0.15) is 41.5 Å². The van der Waals surface area contributed by atoms with E-state index in [1.54, 1.807) is 0 Å². The first kappa shape index (κ1) is 28.4. The smallest absolute Gasteiger partial charge is 0.254 e. The molecule has 0 heterocycles. The van der Waals surface area contributed by atoms with E-state index in [-0.39, 0.29) is 17.0 Å². The van der Waals surface area contributed by atoms with E-state index in [4.69, 9.17) is 13.0 Å². The van der Waals surface area contributed by atoms with Gasteiger partial charge in [0.05, 0.1) is 0 Å². The third kappa shape index (κ3) is 32.6. The van der Waals surface area contributed by atoms with E-state index in [1.165, 1.54) is 37.0 Å². The maximum absolute atomic E-state index is 8.59. The molecule has 0 bridgehead atoms. The molecule has 0 aliphatic heterocycles. The lowest BCUT2D eigenvalue weighted by Gasteiger charge is -2.07. The van der Waals surface area contributed by atoms with Gasteiger partial charge in [0.15, 0.2) is 0 Å². The van der Waals surface area contributed by atoms with Gasteiger partial charge >= 0.3 is 0 Å². The van der Waals surface area contributed by atoms with Crippen LogP contribution in [0.25, 0.3) is 0 Å². The Hall–Kier alpha value is 1.25. The van der Waals surface area contributed by atoms with Crippen molar-refractivity contribution >= 4 is 43.8 Å². The van der Waals surface area contributed by atoms with E-state index < -0.39 is 11.0 Å². The molecule has 0 aromatic carbocycles. The Kier molecular flexibility index (Phi) is 36.3. The maximum Gasteiger partial charge on any atom is 0.254 e. The molecule has 0 rings (SSSR count). The summed E-state index contributed by atoms with van der Waals surface area (Å²) in [5.74, 6) is 0. The van der Waals surface area contributed by atoms with Gasteiger partial charge in [0, 0.05) is 0 Å². The summed E-state index contributed by atoms with van der Waals surface area (Å²) in [4.78, 5) is 0. The van der Waals surface area contributed by atoms with Gasteiger partial charge < -0.3 is 0 Å². The first-order valence-electron chi connectivity index (χ1n) is 6.71. The lowest BCUT2D eigenvalue weighted by molar-refractivity contribution is 0.509. The van der Waals surface area contributed by atoms with Crippen LogP contribution in [0, 0.1) is 0 Å². The Bertz CT molecular complexity index is 178. The van der Waals surface area contributed by atoms with E-state index in [1.807, 2.05) is 0 Å². The van der Waals surface area contributed by atoms with Crippen molar-refractivity contribution in [3.05, 3.63) is 0 Å². The average Bonchev–Trinajstić information content (AvgIpc) is 2.34. The van der Waals surface area contributed by atoms with Crippen LogP contribution < -0.4 is 0 Å². The number of halogens is 1. The van der Waals surface area contributed by atoms with Crippen LogP contribution in [0.3, 0.4) is 0 Å². The molecule has 0 radical (unpaired) electrons. The molecule has 0 spiro atoms. The number of hydrogen-bond donors (Lipinski definition) is 2. The Balaban J connectivity index is -0.0000000900. The van der Waals surface area contributed by atoms with E-state index in [0.29, 0.717) is 15.8 Å². The Labute approximate surface area is 135 Å². The van der Waals surface area contributed by atoms with E-state index >= 15 is 0 Å². The summed E-state index contributed by atoms with van der Waals surface area (Å²) in [6, 6.07) is 0. The van der Waals surface area contributed by atoms with Crippen LogP contribution in [0.4, 0.5) is 0 Å². The van der Waals surface area contributed by atoms with Crippen LogP contribution in [0.5, 0.6) is 0 Å². The van der Waals surface area contributed by atoms with Gasteiger partial charge in [-0.15, -0.1) is 32.8 Å². The summed E-state index contributed by atoms with van der Waals surface area (Å²) in [6.45, 7) is 13.7. The van der Waals surface area contributed by atoms with Gasteiger partial charge in [0.25, 0.3) is 11.0 Å². The van der Waals surface area contributed by atoms with Gasteiger partial charge in [0.1, 0.15) is 0 Å². The first-order chi connectivity index (χ1) is 8.42. The fraction of sp³-hybridized carbons (Fsp3) is 1.00. The molecule has 0 atom stereocenters. The summed E-state index contributed by atoms with van der Waals surface area (Å²) in [5.41, 5.74) is 0. The molecule has 0 aromatic rings. The van der Waals surface area contributed by atoms with E-state index in [0.717, 1.165) is 0 Å². The second kappa shape index (κ2) is 24.3. The van der Waals surface area contributed by atoms with Crippen molar-refractivity contribution in [2.75, 3.05) is 37.0 Å². The van der Waals surface area contributed by atoms with Gasteiger partial charge in [-0.05, 0) is 37.0 Å². The van der Waals surface area contributed by atoms with Crippen molar-refractivity contribution in [3.8, 4) is 0 Å². The Morgan fingerprint density at radius 1 is 0.684 bits per heavy atom. The van der Waals surface area contributed by atoms with Crippen molar-refractivity contribution in [2.45, 2.75) is 41.5 Å². The minimum Gasteiger partial charge on any atom is -0.288 e. The zero-order valence-electron chi connectivity index (χ0n) is 13.3. The van der Waals surface area contributed by atoms with Gasteiger partial charge in [-0.25, -0.2) is 8.42 Å². The van der Waals surface area contributed by atoms with Crippen molar-refractivity contribution in [1.29, 1.82) is 0 Å². The van der Waals surface area contributed by atoms with Crippen LogP contribution in [-0.4, -0.2) is 49.9 Å². The molecule has 3 nitrogen and oxygen atoms in total. The summed E-state index contributed by atoms with van der Waals surface area (Å²) in [7, 11) is -2.23. The second-order valence-corrected chi connectivity index (χ2v) is 10.4. The number of hydrogen-bond acceptors (Lipinski definition) is 2. The molecule has 122 valence electrons. The lowest BCUT2D eigenvalue weighted by Crippen LogP contribution is -1.83. The van der Waals surface area contributed by atoms with Crippen molar-refractivity contribution < 1.29 is 13.0 Å². The molecule has 1 N–H and O–H groups in total. The molecule has 0 saturated carbocycles. The Morgan fingerprint density at radius 2 is 0.789 bits per heavy atom. The molecule has 0 aliphatic carbocycles. The van der Waals surface area contributed by atoms with Crippen molar-refractivity contribution in [1.82, 2.24) is 0 Å². The van der Waals surface area contributed by atoms with E-state index in [9.17, 15) is 0 Å².